The molecule has 18 heavy (non-hydrogen) atoms. The zero-order valence-electron chi connectivity index (χ0n) is 10.3. The lowest BCUT2D eigenvalue weighted by Crippen LogP contribution is -2.25. The van der Waals surface area contributed by atoms with Gasteiger partial charge in [0, 0.05) is 12.1 Å². The molecule has 0 spiro atoms. The van der Waals surface area contributed by atoms with Crippen molar-refractivity contribution in [2.75, 3.05) is 20.0 Å². The minimum Gasteiger partial charge on any atom is -0.493 e. The molecule has 0 heterocycles. The van der Waals surface area contributed by atoms with E-state index in [-0.39, 0.29) is 16.6 Å². The van der Waals surface area contributed by atoms with Gasteiger partial charge in [0.15, 0.2) is 11.5 Å². The van der Waals surface area contributed by atoms with Gasteiger partial charge in [-0.1, -0.05) is 0 Å². The molecule has 0 atom stereocenters. The Kier molecular flexibility index (Phi) is 3.36. The van der Waals surface area contributed by atoms with Gasteiger partial charge in [0.05, 0.1) is 24.8 Å². The normalized spacial score (nSPS) is 15.4. The number of sulfonamides is 1. The van der Waals surface area contributed by atoms with E-state index in [1.165, 1.54) is 26.4 Å². The van der Waals surface area contributed by atoms with Crippen molar-refractivity contribution in [3.05, 3.63) is 12.1 Å². The van der Waals surface area contributed by atoms with Gasteiger partial charge >= 0.3 is 0 Å². The van der Waals surface area contributed by atoms with Crippen LogP contribution in [0.5, 0.6) is 11.5 Å². The second-order valence-corrected chi connectivity index (χ2v) is 5.86. The smallest absolute Gasteiger partial charge is 0.241 e. The fourth-order valence-electron chi connectivity index (χ4n) is 1.61. The number of anilines is 1. The molecule has 100 valence electrons. The van der Waals surface area contributed by atoms with Crippen molar-refractivity contribution in [2.45, 2.75) is 23.8 Å². The molecule has 1 aliphatic rings. The topological polar surface area (TPSA) is 90.7 Å². The van der Waals surface area contributed by atoms with Crippen LogP contribution in [0.2, 0.25) is 0 Å². The molecule has 6 nitrogen and oxygen atoms in total. The summed E-state index contributed by atoms with van der Waals surface area (Å²) in [6, 6.07) is 2.82. The second kappa shape index (κ2) is 4.66. The Morgan fingerprint density at radius 2 is 1.94 bits per heavy atom. The fraction of sp³-hybridized carbons (Fsp3) is 0.455. The van der Waals surface area contributed by atoms with E-state index in [1.54, 1.807) is 0 Å². The van der Waals surface area contributed by atoms with Crippen LogP contribution in [0.1, 0.15) is 12.8 Å². The van der Waals surface area contributed by atoms with Gasteiger partial charge in [-0.15, -0.1) is 0 Å². The van der Waals surface area contributed by atoms with Crippen LogP contribution >= 0.6 is 0 Å². The van der Waals surface area contributed by atoms with E-state index in [4.69, 9.17) is 15.2 Å². The molecule has 0 saturated heterocycles. The van der Waals surface area contributed by atoms with E-state index >= 15 is 0 Å². The van der Waals surface area contributed by atoms with Gasteiger partial charge in [0.25, 0.3) is 0 Å². The Morgan fingerprint density at radius 3 is 2.44 bits per heavy atom. The number of nitrogens with two attached hydrogens (primary N) is 1. The molecule has 1 aromatic rings. The van der Waals surface area contributed by atoms with Gasteiger partial charge in [-0.2, -0.15) is 0 Å². The number of hydrogen-bond donors (Lipinski definition) is 2. The van der Waals surface area contributed by atoms with Crippen LogP contribution < -0.4 is 19.9 Å². The van der Waals surface area contributed by atoms with Gasteiger partial charge in [0.2, 0.25) is 10.0 Å². The third-order valence-corrected chi connectivity index (χ3v) is 4.19. The van der Waals surface area contributed by atoms with Crippen LogP contribution in [0.15, 0.2) is 17.0 Å². The Labute approximate surface area is 106 Å². The molecule has 2 rings (SSSR count). The van der Waals surface area contributed by atoms with E-state index in [9.17, 15) is 8.42 Å². The minimum absolute atomic E-state index is 0.0457. The average Bonchev–Trinajstić information content (AvgIpc) is 3.11. The zero-order chi connectivity index (χ0) is 13.3. The van der Waals surface area contributed by atoms with Crippen molar-refractivity contribution in [2.24, 2.45) is 0 Å². The molecule has 3 N–H and O–H groups in total. The summed E-state index contributed by atoms with van der Waals surface area (Å²) in [6.07, 6.45) is 1.75. The van der Waals surface area contributed by atoms with Crippen molar-refractivity contribution >= 4 is 15.7 Å². The summed E-state index contributed by atoms with van der Waals surface area (Å²) >= 11 is 0. The number of rotatable bonds is 5. The summed E-state index contributed by atoms with van der Waals surface area (Å²) < 4.78 is 36.8. The summed E-state index contributed by atoms with van der Waals surface area (Å²) in [5.74, 6) is 0.636. The largest absolute Gasteiger partial charge is 0.493 e. The number of nitrogen functional groups attached to an aromatic ring is 1. The highest BCUT2D eigenvalue weighted by molar-refractivity contribution is 7.89. The van der Waals surface area contributed by atoms with Crippen molar-refractivity contribution in [3.63, 3.8) is 0 Å². The predicted molar refractivity (Wildman–Crippen MR) is 67.3 cm³/mol. The van der Waals surface area contributed by atoms with Crippen molar-refractivity contribution in [1.82, 2.24) is 4.72 Å². The lowest BCUT2D eigenvalue weighted by Gasteiger charge is -2.13. The fourth-order valence-corrected chi connectivity index (χ4v) is 2.97. The summed E-state index contributed by atoms with van der Waals surface area (Å²) in [7, 11) is -0.661. The molecule has 0 amide bonds. The molecule has 0 bridgehead atoms. The Bertz CT molecular complexity index is 552. The maximum absolute atomic E-state index is 12.0. The van der Waals surface area contributed by atoms with Crippen molar-refractivity contribution < 1.29 is 17.9 Å². The highest BCUT2D eigenvalue weighted by Gasteiger charge is 2.29. The molecule has 0 aromatic heterocycles. The van der Waals surface area contributed by atoms with E-state index in [0.29, 0.717) is 11.5 Å². The SMILES string of the molecule is COc1cc(S(=O)(=O)NC2CC2)cc(N)c1OC. The molecule has 0 unspecified atom stereocenters. The van der Waals surface area contributed by atoms with Gasteiger partial charge in [-0.3, -0.25) is 0 Å². The first-order chi connectivity index (χ1) is 8.47. The third kappa shape index (κ3) is 2.51. The molecular weight excluding hydrogens is 256 g/mol. The van der Waals surface area contributed by atoms with E-state index in [0.717, 1.165) is 12.8 Å². The van der Waals surface area contributed by atoms with Gasteiger partial charge < -0.3 is 15.2 Å². The second-order valence-electron chi connectivity index (χ2n) is 4.14. The number of hydrogen-bond acceptors (Lipinski definition) is 5. The number of methoxy groups -OCH3 is 2. The van der Waals surface area contributed by atoms with E-state index in [1.807, 2.05) is 0 Å². The van der Waals surface area contributed by atoms with Crippen LogP contribution in [-0.2, 0) is 10.0 Å². The molecule has 7 heteroatoms. The Balaban J connectivity index is 2.42. The summed E-state index contributed by atoms with van der Waals surface area (Å²) in [4.78, 5) is 0.0875. The highest BCUT2D eigenvalue weighted by atomic mass is 32.2. The molecule has 1 saturated carbocycles. The average molecular weight is 272 g/mol. The molecule has 1 aromatic carbocycles. The predicted octanol–water partition coefficient (Wildman–Crippen LogP) is 0.727. The van der Waals surface area contributed by atoms with Crippen LogP contribution in [0, 0.1) is 0 Å². The van der Waals surface area contributed by atoms with Crippen LogP contribution in [-0.4, -0.2) is 28.7 Å². The summed E-state index contributed by atoms with van der Waals surface area (Å²) in [5.41, 5.74) is 5.98. The molecular formula is C11H16N2O4S. The van der Waals surface area contributed by atoms with Gasteiger partial charge in [0.1, 0.15) is 0 Å². The first-order valence-corrected chi connectivity index (χ1v) is 7.00. The van der Waals surface area contributed by atoms with Gasteiger partial charge in [-0.25, -0.2) is 13.1 Å². The number of nitrogens with one attached hydrogen (secondary N) is 1. The van der Waals surface area contributed by atoms with Crippen LogP contribution in [0.25, 0.3) is 0 Å². The number of ether oxygens (including phenoxy) is 2. The molecule has 0 aliphatic heterocycles. The minimum atomic E-state index is -3.54. The van der Waals surface area contributed by atoms with Crippen LogP contribution in [0.4, 0.5) is 5.69 Å². The van der Waals surface area contributed by atoms with E-state index < -0.39 is 10.0 Å². The number of benzene rings is 1. The summed E-state index contributed by atoms with van der Waals surface area (Å²) in [6.45, 7) is 0. The van der Waals surface area contributed by atoms with Crippen LogP contribution in [0.3, 0.4) is 0 Å². The van der Waals surface area contributed by atoms with Crippen molar-refractivity contribution in [3.8, 4) is 11.5 Å². The zero-order valence-corrected chi connectivity index (χ0v) is 11.1. The molecule has 1 aliphatic carbocycles. The highest BCUT2D eigenvalue weighted by Crippen LogP contribution is 2.36. The first kappa shape index (κ1) is 13.0. The quantitative estimate of drug-likeness (QED) is 0.771. The van der Waals surface area contributed by atoms with Crippen molar-refractivity contribution in [1.29, 1.82) is 0 Å². The Morgan fingerprint density at radius 1 is 1.28 bits per heavy atom. The molecule has 0 radical (unpaired) electrons. The van der Waals surface area contributed by atoms with E-state index in [2.05, 4.69) is 4.72 Å². The maximum atomic E-state index is 12.0. The first-order valence-electron chi connectivity index (χ1n) is 5.51. The maximum Gasteiger partial charge on any atom is 0.241 e. The third-order valence-electron chi connectivity index (χ3n) is 2.69. The molecule has 1 fully saturated rings. The lowest BCUT2D eigenvalue weighted by atomic mass is 10.3. The standard InChI is InChI=1S/C11H16N2O4S/c1-16-10-6-8(5-9(12)11(10)17-2)18(14,15)13-7-3-4-7/h5-7,13H,3-4,12H2,1-2H3. The lowest BCUT2D eigenvalue weighted by molar-refractivity contribution is 0.355. The summed E-state index contributed by atoms with van der Waals surface area (Å²) in [5, 5.41) is 0. The monoisotopic (exact) mass is 272 g/mol. The Hall–Kier alpha value is -1.47. The van der Waals surface area contributed by atoms with Gasteiger partial charge in [-0.05, 0) is 18.9 Å².